The molecular weight excluding hydrogens is 316 g/mol. The molecule has 0 amide bonds. The van der Waals surface area contributed by atoms with Gasteiger partial charge in [-0.1, -0.05) is 17.3 Å². The monoisotopic (exact) mass is 330 g/mol. The fraction of sp³-hybridized carbons (Fsp3) is 0.0588. The third kappa shape index (κ3) is 3.52. The average molecular weight is 331 g/mol. The van der Waals surface area contributed by atoms with Gasteiger partial charge in [-0.3, -0.25) is 4.79 Å². The summed E-state index contributed by atoms with van der Waals surface area (Å²) in [5, 5.41) is 3.85. The van der Waals surface area contributed by atoms with Crippen LogP contribution in [0.5, 0.6) is 11.5 Å². The molecule has 6 heteroatoms. The van der Waals surface area contributed by atoms with Gasteiger partial charge in [0.05, 0.1) is 5.56 Å². The zero-order valence-electron chi connectivity index (χ0n) is 12.4. The standard InChI is InChI=1S/C17H14N2O3.ClH/c1-11(20)14-4-2-3-5-16(14)22-13-8-6-12(7-9-13)17-15(18)10-21-19-17;/h2-10H,18H2,1H3;1H. The van der Waals surface area contributed by atoms with E-state index in [-0.39, 0.29) is 18.2 Å². The average Bonchev–Trinajstić information content (AvgIpc) is 2.94. The first kappa shape index (κ1) is 16.6. The second kappa shape index (κ2) is 6.98. The number of anilines is 1. The van der Waals surface area contributed by atoms with Crippen LogP contribution < -0.4 is 10.5 Å². The van der Waals surface area contributed by atoms with Crippen molar-refractivity contribution in [1.82, 2.24) is 5.16 Å². The van der Waals surface area contributed by atoms with Gasteiger partial charge in [0.1, 0.15) is 29.1 Å². The van der Waals surface area contributed by atoms with Gasteiger partial charge in [-0.2, -0.15) is 0 Å². The Balaban J connectivity index is 0.00000192. The number of nitrogens with two attached hydrogens (primary N) is 1. The van der Waals surface area contributed by atoms with Gasteiger partial charge in [0, 0.05) is 5.56 Å². The van der Waals surface area contributed by atoms with Crippen LogP contribution in [0.15, 0.2) is 59.3 Å². The van der Waals surface area contributed by atoms with Gasteiger partial charge >= 0.3 is 0 Å². The van der Waals surface area contributed by atoms with Gasteiger partial charge in [-0.05, 0) is 43.3 Å². The van der Waals surface area contributed by atoms with Crippen molar-refractivity contribution in [3.05, 3.63) is 60.4 Å². The first-order valence-corrected chi connectivity index (χ1v) is 6.73. The molecule has 0 saturated carbocycles. The molecule has 0 fully saturated rings. The van der Waals surface area contributed by atoms with Crippen LogP contribution in [-0.2, 0) is 0 Å². The number of nitrogens with zero attached hydrogens (tertiary/aromatic N) is 1. The van der Waals surface area contributed by atoms with Crippen LogP contribution in [0.1, 0.15) is 17.3 Å². The fourth-order valence-corrected chi connectivity index (χ4v) is 2.12. The molecule has 2 N–H and O–H groups in total. The van der Waals surface area contributed by atoms with E-state index in [4.69, 9.17) is 15.0 Å². The SMILES string of the molecule is CC(=O)c1ccccc1Oc1ccc(-c2nocc2N)cc1.Cl. The van der Waals surface area contributed by atoms with Crippen molar-refractivity contribution in [2.45, 2.75) is 6.92 Å². The summed E-state index contributed by atoms with van der Waals surface area (Å²) >= 11 is 0. The molecule has 0 spiro atoms. The van der Waals surface area contributed by atoms with Crippen LogP contribution in [0.4, 0.5) is 5.69 Å². The summed E-state index contributed by atoms with van der Waals surface area (Å²) < 4.78 is 10.6. The molecular formula is C17H15ClN2O3. The second-order valence-corrected chi connectivity index (χ2v) is 4.80. The van der Waals surface area contributed by atoms with Crippen molar-refractivity contribution in [1.29, 1.82) is 0 Å². The molecule has 118 valence electrons. The van der Waals surface area contributed by atoms with Gasteiger partial charge in [-0.15, -0.1) is 12.4 Å². The minimum absolute atomic E-state index is 0. The fourth-order valence-electron chi connectivity index (χ4n) is 2.12. The van der Waals surface area contributed by atoms with Crippen LogP contribution >= 0.6 is 12.4 Å². The number of ketones is 1. The van der Waals surface area contributed by atoms with Crippen molar-refractivity contribution in [3.63, 3.8) is 0 Å². The highest BCUT2D eigenvalue weighted by Gasteiger charge is 2.10. The Morgan fingerprint density at radius 2 is 1.83 bits per heavy atom. The molecule has 23 heavy (non-hydrogen) atoms. The molecule has 5 nitrogen and oxygen atoms in total. The molecule has 1 aromatic heterocycles. The maximum Gasteiger partial charge on any atom is 0.163 e. The molecule has 0 saturated heterocycles. The Morgan fingerprint density at radius 1 is 1.13 bits per heavy atom. The number of hydrogen-bond acceptors (Lipinski definition) is 5. The third-order valence-electron chi connectivity index (χ3n) is 3.22. The summed E-state index contributed by atoms with van der Waals surface area (Å²) in [4.78, 5) is 11.6. The maximum atomic E-state index is 11.6. The van der Waals surface area contributed by atoms with Crippen LogP contribution in [0.3, 0.4) is 0 Å². The molecule has 0 atom stereocenters. The number of hydrogen-bond donors (Lipinski definition) is 1. The summed E-state index contributed by atoms with van der Waals surface area (Å²) in [5.41, 5.74) is 8.22. The Bertz CT molecular complexity index is 813. The van der Waals surface area contributed by atoms with Crippen molar-refractivity contribution < 1.29 is 14.1 Å². The Kier molecular flexibility index (Phi) is 5.03. The summed E-state index contributed by atoms with van der Waals surface area (Å²) in [7, 11) is 0. The third-order valence-corrected chi connectivity index (χ3v) is 3.22. The molecule has 0 radical (unpaired) electrons. The zero-order chi connectivity index (χ0) is 15.5. The van der Waals surface area contributed by atoms with Gasteiger partial charge in [-0.25, -0.2) is 0 Å². The smallest absolute Gasteiger partial charge is 0.163 e. The van der Waals surface area contributed by atoms with Crippen LogP contribution in [0.25, 0.3) is 11.3 Å². The number of carbonyl (C=O) groups is 1. The number of ether oxygens (including phenoxy) is 1. The largest absolute Gasteiger partial charge is 0.457 e. The van der Waals surface area contributed by atoms with Crippen molar-refractivity contribution in [3.8, 4) is 22.8 Å². The van der Waals surface area contributed by atoms with Crippen molar-refractivity contribution >= 4 is 23.9 Å². The summed E-state index contributed by atoms with van der Waals surface area (Å²) in [6.07, 6.45) is 1.39. The lowest BCUT2D eigenvalue weighted by Gasteiger charge is -2.09. The predicted octanol–water partition coefficient (Wildman–Crippen LogP) is 4.34. The number of rotatable bonds is 4. The first-order chi connectivity index (χ1) is 10.6. The highest BCUT2D eigenvalue weighted by molar-refractivity contribution is 5.96. The number of nitrogen functional groups attached to an aromatic ring is 1. The van der Waals surface area contributed by atoms with Crippen molar-refractivity contribution in [2.24, 2.45) is 0 Å². The van der Waals surface area contributed by atoms with E-state index in [2.05, 4.69) is 5.16 Å². The van der Waals surface area contributed by atoms with E-state index < -0.39 is 0 Å². The Morgan fingerprint density at radius 3 is 2.43 bits per heavy atom. The topological polar surface area (TPSA) is 78.3 Å². The first-order valence-electron chi connectivity index (χ1n) is 6.73. The van der Waals surface area contributed by atoms with Crippen LogP contribution in [0.2, 0.25) is 0 Å². The number of carbonyl (C=O) groups excluding carboxylic acids is 1. The van der Waals surface area contributed by atoms with Crippen molar-refractivity contribution in [2.75, 3.05) is 5.73 Å². The zero-order valence-corrected chi connectivity index (χ0v) is 13.2. The Hall–Kier alpha value is -2.79. The summed E-state index contributed by atoms with van der Waals surface area (Å²) in [6.45, 7) is 1.51. The lowest BCUT2D eigenvalue weighted by molar-refractivity contribution is 0.101. The lowest BCUT2D eigenvalue weighted by atomic mass is 10.1. The van der Waals surface area contributed by atoms with E-state index in [1.165, 1.54) is 13.2 Å². The highest BCUT2D eigenvalue weighted by atomic mass is 35.5. The molecule has 0 aliphatic heterocycles. The lowest BCUT2D eigenvalue weighted by Crippen LogP contribution is -1.96. The van der Waals surface area contributed by atoms with Gasteiger partial charge < -0.3 is 15.0 Å². The number of Topliss-reactive ketones (excluding diaryl/α,β-unsaturated/α-hetero) is 1. The minimum atomic E-state index is -0.0393. The summed E-state index contributed by atoms with van der Waals surface area (Å²) in [6, 6.07) is 14.4. The highest BCUT2D eigenvalue weighted by Crippen LogP contribution is 2.29. The number of benzene rings is 2. The summed E-state index contributed by atoms with van der Waals surface area (Å²) in [5.74, 6) is 1.12. The molecule has 0 aliphatic carbocycles. The molecule has 0 bridgehead atoms. The van der Waals surface area contributed by atoms with Gasteiger partial charge in [0.2, 0.25) is 0 Å². The number of halogens is 1. The molecule has 3 aromatic rings. The molecule has 1 heterocycles. The maximum absolute atomic E-state index is 11.6. The number of aromatic nitrogens is 1. The van der Waals surface area contributed by atoms with E-state index in [1.54, 1.807) is 30.3 Å². The number of para-hydroxylation sites is 1. The van der Waals surface area contributed by atoms with Crippen LogP contribution in [0, 0.1) is 0 Å². The van der Waals surface area contributed by atoms with E-state index in [0.29, 0.717) is 28.4 Å². The normalized spacial score (nSPS) is 9.96. The van der Waals surface area contributed by atoms with E-state index in [9.17, 15) is 4.79 Å². The van der Waals surface area contributed by atoms with Crippen LogP contribution in [-0.4, -0.2) is 10.9 Å². The molecule has 2 aromatic carbocycles. The van der Waals surface area contributed by atoms with E-state index in [1.807, 2.05) is 18.2 Å². The van der Waals surface area contributed by atoms with E-state index in [0.717, 1.165) is 5.56 Å². The quantitative estimate of drug-likeness (QED) is 0.720. The molecule has 3 rings (SSSR count). The second-order valence-electron chi connectivity index (χ2n) is 4.80. The van der Waals surface area contributed by atoms with Gasteiger partial charge in [0.25, 0.3) is 0 Å². The molecule has 0 unspecified atom stereocenters. The molecule has 0 aliphatic rings. The van der Waals surface area contributed by atoms with E-state index >= 15 is 0 Å². The van der Waals surface area contributed by atoms with Gasteiger partial charge in [0.15, 0.2) is 5.78 Å². The Labute approximate surface area is 139 Å². The predicted molar refractivity (Wildman–Crippen MR) is 90.1 cm³/mol. The minimum Gasteiger partial charge on any atom is -0.457 e.